The molecule has 6 nitrogen and oxygen atoms in total. The van der Waals surface area contributed by atoms with Crippen LogP contribution in [0.1, 0.15) is 45.2 Å². The zero-order valence-electron chi connectivity index (χ0n) is 12.8. The molecule has 0 bridgehead atoms. The van der Waals surface area contributed by atoms with E-state index in [2.05, 4.69) is 40.8 Å². The van der Waals surface area contributed by atoms with E-state index >= 15 is 0 Å². The summed E-state index contributed by atoms with van der Waals surface area (Å²) in [4.78, 5) is 0. The van der Waals surface area contributed by atoms with E-state index in [0.29, 0.717) is 6.54 Å². The average Bonchev–Trinajstić information content (AvgIpc) is 2.99. The zero-order valence-corrected chi connectivity index (χ0v) is 12.8. The molecule has 2 rings (SSSR count). The van der Waals surface area contributed by atoms with Gasteiger partial charge in [-0.15, -0.1) is 5.10 Å². The molecule has 0 fully saturated rings. The molecule has 0 amide bonds. The van der Waals surface area contributed by atoms with Gasteiger partial charge in [0.15, 0.2) is 0 Å². The van der Waals surface area contributed by atoms with Gasteiger partial charge in [-0.1, -0.05) is 25.5 Å². The van der Waals surface area contributed by atoms with E-state index in [1.165, 1.54) is 0 Å². The molecule has 0 aliphatic heterocycles. The van der Waals surface area contributed by atoms with Gasteiger partial charge in [-0.3, -0.25) is 0 Å². The van der Waals surface area contributed by atoms with Gasteiger partial charge in [0.05, 0.1) is 11.3 Å². The van der Waals surface area contributed by atoms with Crippen LogP contribution in [-0.2, 0) is 0 Å². The molecule has 1 aromatic carbocycles. The SMILES string of the molecule is CCCC(C)(O)CNC(C)c1cccc(-n2cnnn2)c1. The summed E-state index contributed by atoms with van der Waals surface area (Å²) in [7, 11) is 0. The van der Waals surface area contributed by atoms with Gasteiger partial charge in [0, 0.05) is 12.6 Å². The van der Waals surface area contributed by atoms with Gasteiger partial charge in [0.2, 0.25) is 0 Å². The van der Waals surface area contributed by atoms with Gasteiger partial charge < -0.3 is 10.4 Å². The smallest absolute Gasteiger partial charge is 0.143 e. The van der Waals surface area contributed by atoms with Crippen LogP contribution in [0.25, 0.3) is 5.69 Å². The molecule has 6 heteroatoms. The van der Waals surface area contributed by atoms with Gasteiger partial charge >= 0.3 is 0 Å². The predicted octanol–water partition coefficient (Wildman–Crippen LogP) is 1.86. The van der Waals surface area contributed by atoms with Crippen molar-refractivity contribution in [3.63, 3.8) is 0 Å². The Bertz CT molecular complexity index is 553. The maximum Gasteiger partial charge on any atom is 0.143 e. The molecular weight excluding hydrogens is 266 g/mol. The van der Waals surface area contributed by atoms with Gasteiger partial charge in [-0.25, -0.2) is 4.68 Å². The van der Waals surface area contributed by atoms with Crippen molar-refractivity contribution in [2.45, 2.75) is 45.3 Å². The molecule has 2 unspecified atom stereocenters. The Morgan fingerprint density at radius 1 is 1.43 bits per heavy atom. The van der Waals surface area contributed by atoms with Gasteiger partial charge in [0.25, 0.3) is 0 Å². The number of tetrazole rings is 1. The third-order valence-electron chi connectivity index (χ3n) is 3.56. The highest BCUT2D eigenvalue weighted by molar-refractivity contribution is 5.35. The Kier molecular flexibility index (Phi) is 5.03. The molecule has 1 aromatic heterocycles. The summed E-state index contributed by atoms with van der Waals surface area (Å²) < 4.78 is 1.63. The molecule has 0 radical (unpaired) electrons. The molecule has 0 aliphatic carbocycles. The highest BCUT2D eigenvalue weighted by atomic mass is 16.3. The lowest BCUT2D eigenvalue weighted by molar-refractivity contribution is 0.0477. The summed E-state index contributed by atoms with van der Waals surface area (Å²) >= 11 is 0. The monoisotopic (exact) mass is 289 g/mol. The molecule has 21 heavy (non-hydrogen) atoms. The minimum absolute atomic E-state index is 0.143. The molecule has 2 atom stereocenters. The van der Waals surface area contributed by atoms with Crippen LogP contribution in [0.3, 0.4) is 0 Å². The molecule has 0 saturated carbocycles. The first kappa shape index (κ1) is 15.6. The van der Waals surface area contributed by atoms with E-state index in [9.17, 15) is 5.11 Å². The van der Waals surface area contributed by atoms with Gasteiger partial charge in [-0.2, -0.15) is 0 Å². The quantitative estimate of drug-likeness (QED) is 0.813. The lowest BCUT2D eigenvalue weighted by Gasteiger charge is -2.26. The summed E-state index contributed by atoms with van der Waals surface area (Å²) in [5.41, 5.74) is 1.39. The van der Waals surface area contributed by atoms with Gasteiger partial charge in [-0.05, 0) is 48.4 Å². The van der Waals surface area contributed by atoms with Crippen LogP contribution in [0.5, 0.6) is 0 Å². The number of rotatable bonds is 7. The van der Waals surface area contributed by atoms with E-state index in [1.807, 2.05) is 25.1 Å². The second-order valence-corrected chi connectivity index (χ2v) is 5.70. The number of hydrogen-bond acceptors (Lipinski definition) is 5. The first-order valence-electron chi connectivity index (χ1n) is 7.31. The summed E-state index contributed by atoms with van der Waals surface area (Å²) in [5.74, 6) is 0. The standard InChI is InChI=1S/C15H23N5O/c1-4-8-15(3,21)10-16-12(2)13-6-5-7-14(9-13)20-11-17-18-19-20/h5-7,9,11-12,16,21H,4,8,10H2,1-3H3. The Balaban J connectivity index is 2.03. The number of hydrogen-bond donors (Lipinski definition) is 2. The number of aliphatic hydroxyl groups is 1. The fourth-order valence-corrected chi connectivity index (χ4v) is 2.33. The second-order valence-electron chi connectivity index (χ2n) is 5.70. The predicted molar refractivity (Wildman–Crippen MR) is 81.1 cm³/mol. The molecule has 114 valence electrons. The van der Waals surface area contributed by atoms with E-state index in [4.69, 9.17) is 0 Å². The maximum atomic E-state index is 10.2. The van der Waals surface area contributed by atoms with E-state index in [0.717, 1.165) is 24.1 Å². The lowest BCUT2D eigenvalue weighted by atomic mass is 9.99. The molecule has 0 aliphatic rings. The largest absolute Gasteiger partial charge is 0.389 e. The van der Waals surface area contributed by atoms with Crippen molar-refractivity contribution in [2.24, 2.45) is 0 Å². The summed E-state index contributed by atoms with van der Waals surface area (Å²) in [6.45, 7) is 6.60. The number of nitrogens with one attached hydrogen (secondary N) is 1. The maximum absolute atomic E-state index is 10.2. The third-order valence-corrected chi connectivity index (χ3v) is 3.56. The lowest BCUT2D eigenvalue weighted by Crippen LogP contribution is -2.38. The zero-order chi connectivity index (χ0) is 15.3. The summed E-state index contributed by atoms with van der Waals surface area (Å²) in [6.07, 6.45) is 3.33. The normalized spacial score (nSPS) is 15.6. The van der Waals surface area contributed by atoms with Crippen LogP contribution < -0.4 is 5.32 Å². The minimum Gasteiger partial charge on any atom is -0.389 e. The van der Waals surface area contributed by atoms with Crippen molar-refractivity contribution in [1.82, 2.24) is 25.5 Å². The fourth-order valence-electron chi connectivity index (χ4n) is 2.33. The Morgan fingerprint density at radius 2 is 2.24 bits per heavy atom. The van der Waals surface area contributed by atoms with Crippen LogP contribution in [0.15, 0.2) is 30.6 Å². The molecule has 0 saturated heterocycles. The van der Waals surface area contributed by atoms with Crippen LogP contribution in [0, 0.1) is 0 Å². The van der Waals surface area contributed by atoms with E-state index in [1.54, 1.807) is 11.0 Å². The highest BCUT2D eigenvalue weighted by Gasteiger charge is 2.20. The molecular formula is C15H23N5O. The topological polar surface area (TPSA) is 75.9 Å². The third kappa shape index (κ3) is 4.34. The first-order chi connectivity index (χ1) is 10.0. The highest BCUT2D eigenvalue weighted by Crippen LogP contribution is 2.18. The van der Waals surface area contributed by atoms with Crippen molar-refractivity contribution >= 4 is 0 Å². The summed E-state index contributed by atoms with van der Waals surface area (Å²) in [5, 5.41) is 24.8. The molecule has 2 N–H and O–H groups in total. The average molecular weight is 289 g/mol. The van der Waals surface area contributed by atoms with Crippen molar-refractivity contribution in [2.75, 3.05) is 6.54 Å². The number of aromatic nitrogens is 4. The molecule has 0 spiro atoms. The van der Waals surface area contributed by atoms with Gasteiger partial charge in [0.1, 0.15) is 6.33 Å². The Hall–Kier alpha value is -1.79. The molecule has 1 heterocycles. The fraction of sp³-hybridized carbons (Fsp3) is 0.533. The van der Waals surface area contributed by atoms with Crippen LogP contribution >= 0.6 is 0 Å². The van der Waals surface area contributed by atoms with E-state index < -0.39 is 5.60 Å². The minimum atomic E-state index is -0.670. The van der Waals surface area contributed by atoms with Crippen LogP contribution in [0.2, 0.25) is 0 Å². The van der Waals surface area contributed by atoms with E-state index in [-0.39, 0.29) is 6.04 Å². The van der Waals surface area contributed by atoms with Crippen molar-refractivity contribution in [3.8, 4) is 5.69 Å². The second kappa shape index (κ2) is 6.78. The number of nitrogens with zero attached hydrogens (tertiary/aromatic N) is 4. The molecule has 2 aromatic rings. The number of benzene rings is 1. The first-order valence-corrected chi connectivity index (χ1v) is 7.31. The van der Waals surface area contributed by atoms with Crippen molar-refractivity contribution < 1.29 is 5.11 Å². The Morgan fingerprint density at radius 3 is 2.90 bits per heavy atom. The Labute approximate surface area is 125 Å². The van der Waals surface area contributed by atoms with Crippen LogP contribution in [0.4, 0.5) is 0 Å². The van der Waals surface area contributed by atoms with Crippen molar-refractivity contribution in [1.29, 1.82) is 0 Å². The van der Waals surface area contributed by atoms with Crippen LogP contribution in [-0.4, -0.2) is 37.5 Å². The van der Waals surface area contributed by atoms with Crippen molar-refractivity contribution in [3.05, 3.63) is 36.2 Å². The summed E-state index contributed by atoms with van der Waals surface area (Å²) in [6, 6.07) is 8.18.